The predicted octanol–water partition coefficient (Wildman–Crippen LogP) is 2.07. The molecule has 0 aromatic heterocycles. The zero-order valence-corrected chi connectivity index (χ0v) is 9.31. The van der Waals surface area contributed by atoms with E-state index in [1.54, 1.807) is 6.92 Å². The summed E-state index contributed by atoms with van der Waals surface area (Å²) < 4.78 is 13.4. The van der Waals surface area contributed by atoms with Crippen LogP contribution in [0.1, 0.15) is 12.5 Å². The Morgan fingerprint density at radius 1 is 1.38 bits per heavy atom. The molecule has 0 spiro atoms. The molecule has 0 heterocycles. The van der Waals surface area contributed by atoms with Gasteiger partial charge in [0.1, 0.15) is 11.9 Å². The molecule has 0 aliphatic rings. The molecule has 0 aliphatic heterocycles. The molecule has 0 unspecified atom stereocenters. The molecule has 3 heteroatoms. The molecule has 2 N–H and O–H groups in total. The minimum absolute atomic E-state index is 0.120. The Hall–Kier alpha value is -1.19. The molecular weight excluding hydrogens is 207 g/mol. The van der Waals surface area contributed by atoms with Crippen LogP contribution in [0.2, 0.25) is 0 Å². The summed E-state index contributed by atoms with van der Waals surface area (Å²) in [4.78, 5) is 0. The lowest BCUT2D eigenvalue weighted by Gasteiger charge is -2.10. The van der Waals surface area contributed by atoms with E-state index in [0.717, 1.165) is 5.56 Å². The fourth-order valence-electron chi connectivity index (χ4n) is 1.37. The average Bonchev–Trinajstić information content (AvgIpc) is 2.30. The van der Waals surface area contributed by atoms with E-state index in [2.05, 4.69) is 0 Å². The second-order valence-corrected chi connectivity index (χ2v) is 3.92. The van der Waals surface area contributed by atoms with Gasteiger partial charge < -0.3 is 10.2 Å². The van der Waals surface area contributed by atoms with Gasteiger partial charge >= 0.3 is 0 Å². The zero-order valence-electron chi connectivity index (χ0n) is 9.31. The van der Waals surface area contributed by atoms with E-state index in [1.807, 2.05) is 30.3 Å². The Balaban J connectivity index is 2.58. The molecule has 1 aromatic rings. The van der Waals surface area contributed by atoms with Gasteiger partial charge in [-0.2, -0.15) is 0 Å². The van der Waals surface area contributed by atoms with Gasteiger partial charge in [0.2, 0.25) is 0 Å². The molecular formula is C13H17FO2. The van der Waals surface area contributed by atoms with Crippen molar-refractivity contribution in [2.45, 2.75) is 19.4 Å². The molecule has 0 aliphatic carbocycles. The number of halogens is 1. The number of aliphatic hydroxyl groups is 2. The van der Waals surface area contributed by atoms with Crippen molar-refractivity contribution in [3.8, 4) is 0 Å². The fraction of sp³-hybridized carbons (Fsp3) is 0.385. The molecule has 2 nitrogen and oxygen atoms in total. The molecule has 1 aromatic carbocycles. The zero-order chi connectivity index (χ0) is 12.0. The quantitative estimate of drug-likeness (QED) is 0.803. The van der Waals surface area contributed by atoms with Crippen molar-refractivity contribution in [1.82, 2.24) is 0 Å². The third-order valence-corrected chi connectivity index (χ3v) is 2.32. The molecule has 0 saturated carbocycles. The summed E-state index contributed by atoms with van der Waals surface area (Å²) in [5.41, 5.74) is 0.884. The third-order valence-electron chi connectivity index (χ3n) is 2.32. The van der Waals surface area contributed by atoms with Crippen molar-refractivity contribution in [3.63, 3.8) is 0 Å². The lowest BCUT2D eigenvalue weighted by molar-refractivity contribution is 0.179. The standard InChI is InChI=1S/C13H17FO2/c1-10(9-15)7-12(14)13(16)8-11-5-3-2-4-6-11/h2-7,10,13,15-16H,8-9H2,1H3/b12-7-/t10-,13-/m1/s1. The highest BCUT2D eigenvalue weighted by Gasteiger charge is 2.12. The van der Waals surface area contributed by atoms with Gasteiger partial charge in [0.05, 0.1) is 0 Å². The fourth-order valence-corrected chi connectivity index (χ4v) is 1.37. The second-order valence-electron chi connectivity index (χ2n) is 3.92. The predicted molar refractivity (Wildman–Crippen MR) is 61.6 cm³/mol. The van der Waals surface area contributed by atoms with E-state index in [1.165, 1.54) is 6.08 Å². The van der Waals surface area contributed by atoms with E-state index < -0.39 is 11.9 Å². The SMILES string of the molecule is C[C@H](/C=C(\F)[C@H](O)Cc1ccccc1)CO. The van der Waals surface area contributed by atoms with Crippen LogP contribution in [0, 0.1) is 5.92 Å². The van der Waals surface area contributed by atoms with E-state index in [4.69, 9.17) is 5.11 Å². The van der Waals surface area contributed by atoms with Gasteiger partial charge in [0.25, 0.3) is 0 Å². The number of hydrogen-bond donors (Lipinski definition) is 2. The van der Waals surface area contributed by atoms with Crippen molar-refractivity contribution in [2.24, 2.45) is 5.92 Å². The van der Waals surface area contributed by atoms with Crippen LogP contribution in [0.4, 0.5) is 4.39 Å². The van der Waals surface area contributed by atoms with E-state index in [9.17, 15) is 9.50 Å². The molecule has 1 rings (SSSR count). The number of hydrogen-bond acceptors (Lipinski definition) is 2. The Morgan fingerprint density at radius 2 is 2.00 bits per heavy atom. The van der Waals surface area contributed by atoms with Crippen molar-refractivity contribution < 1.29 is 14.6 Å². The summed E-state index contributed by atoms with van der Waals surface area (Å²) in [6, 6.07) is 9.24. The van der Waals surface area contributed by atoms with E-state index in [-0.39, 0.29) is 18.9 Å². The molecule has 0 radical (unpaired) electrons. The highest BCUT2D eigenvalue weighted by molar-refractivity contribution is 5.17. The Bertz CT molecular complexity index is 335. The maximum Gasteiger partial charge on any atom is 0.125 e. The van der Waals surface area contributed by atoms with Crippen LogP contribution in [0.15, 0.2) is 42.2 Å². The normalized spacial score (nSPS) is 15.9. The van der Waals surface area contributed by atoms with Crippen LogP contribution in [-0.4, -0.2) is 22.9 Å². The lowest BCUT2D eigenvalue weighted by Crippen LogP contribution is -2.12. The summed E-state index contributed by atoms with van der Waals surface area (Å²) in [6.07, 6.45) is 0.381. The Morgan fingerprint density at radius 3 is 2.56 bits per heavy atom. The van der Waals surface area contributed by atoms with Crippen molar-refractivity contribution >= 4 is 0 Å². The van der Waals surface area contributed by atoms with Gasteiger partial charge in [0, 0.05) is 18.9 Å². The van der Waals surface area contributed by atoms with Crippen LogP contribution in [0.3, 0.4) is 0 Å². The number of benzene rings is 1. The largest absolute Gasteiger partial charge is 0.396 e. The first kappa shape index (κ1) is 12.9. The molecule has 0 amide bonds. The summed E-state index contributed by atoms with van der Waals surface area (Å²) in [5, 5.41) is 18.4. The minimum Gasteiger partial charge on any atom is -0.396 e. The van der Waals surface area contributed by atoms with Crippen LogP contribution < -0.4 is 0 Å². The van der Waals surface area contributed by atoms with Gasteiger partial charge in [-0.15, -0.1) is 0 Å². The van der Waals surface area contributed by atoms with Crippen molar-refractivity contribution in [1.29, 1.82) is 0 Å². The van der Waals surface area contributed by atoms with Gasteiger partial charge in [-0.25, -0.2) is 4.39 Å². The maximum atomic E-state index is 13.4. The first-order valence-corrected chi connectivity index (χ1v) is 5.33. The van der Waals surface area contributed by atoms with Crippen LogP contribution >= 0.6 is 0 Å². The van der Waals surface area contributed by atoms with Gasteiger partial charge in [0.15, 0.2) is 0 Å². The Kier molecular flexibility index (Phi) is 5.15. The summed E-state index contributed by atoms with van der Waals surface area (Å²) in [7, 11) is 0. The van der Waals surface area contributed by atoms with E-state index in [0.29, 0.717) is 0 Å². The number of aliphatic hydroxyl groups excluding tert-OH is 2. The summed E-state index contributed by atoms with van der Waals surface area (Å²) >= 11 is 0. The first-order chi connectivity index (χ1) is 7.63. The van der Waals surface area contributed by atoms with Gasteiger partial charge in [-0.05, 0) is 11.6 Å². The molecule has 16 heavy (non-hydrogen) atoms. The molecule has 0 bridgehead atoms. The third kappa shape index (κ3) is 4.13. The number of rotatable bonds is 5. The highest BCUT2D eigenvalue weighted by Crippen LogP contribution is 2.13. The molecule has 0 saturated heterocycles. The molecule has 88 valence electrons. The summed E-state index contributed by atoms with van der Waals surface area (Å²) in [6.45, 7) is 1.57. The maximum absolute atomic E-state index is 13.4. The van der Waals surface area contributed by atoms with Crippen molar-refractivity contribution in [2.75, 3.05) is 6.61 Å². The highest BCUT2D eigenvalue weighted by atomic mass is 19.1. The Labute approximate surface area is 95.1 Å². The first-order valence-electron chi connectivity index (χ1n) is 5.33. The topological polar surface area (TPSA) is 40.5 Å². The second kappa shape index (κ2) is 6.40. The monoisotopic (exact) mass is 224 g/mol. The lowest BCUT2D eigenvalue weighted by atomic mass is 10.0. The molecule has 2 atom stereocenters. The van der Waals surface area contributed by atoms with Gasteiger partial charge in [-0.3, -0.25) is 0 Å². The smallest absolute Gasteiger partial charge is 0.125 e. The van der Waals surface area contributed by atoms with Crippen LogP contribution in [0.25, 0.3) is 0 Å². The van der Waals surface area contributed by atoms with Gasteiger partial charge in [-0.1, -0.05) is 37.3 Å². The summed E-state index contributed by atoms with van der Waals surface area (Å²) in [5.74, 6) is -0.851. The van der Waals surface area contributed by atoms with E-state index >= 15 is 0 Å². The minimum atomic E-state index is -1.13. The van der Waals surface area contributed by atoms with Crippen LogP contribution in [-0.2, 0) is 6.42 Å². The average molecular weight is 224 g/mol. The van der Waals surface area contributed by atoms with Crippen molar-refractivity contribution in [3.05, 3.63) is 47.8 Å². The van der Waals surface area contributed by atoms with Crippen LogP contribution in [0.5, 0.6) is 0 Å². The molecule has 0 fully saturated rings.